The highest BCUT2D eigenvalue weighted by molar-refractivity contribution is 5.84. The Labute approximate surface area is 102 Å². The summed E-state index contributed by atoms with van der Waals surface area (Å²) >= 11 is 0. The van der Waals surface area contributed by atoms with Gasteiger partial charge in [-0.05, 0) is 24.6 Å². The number of hydrogen-bond acceptors (Lipinski definition) is 3. The fraction of sp³-hybridized carbons (Fsp3) is 0.364. The van der Waals surface area contributed by atoms with Crippen LogP contribution in [0.1, 0.15) is 18.1 Å². The normalized spacial score (nSPS) is 14.6. The lowest BCUT2D eigenvalue weighted by atomic mass is 10.1. The van der Waals surface area contributed by atoms with Gasteiger partial charge >= 0.3 is 6.18 Å². The smallest absolute Gasteiger partial charge is 0.409 e. The summed E-state index contributed by atoms with van der Waals surface area (Å²) in [6, 6.07) is 4.44. The van der Waals surface area contributed by atoms with Crippen molar-refractivity contribution in [2.45, 2.75) is 25.7 Å². The van der Waals surface area contributed by atoms with Crippen LogP contribution in [0.25, 0.3) is 0 Å². The molecule has 0 heterocycles. The van der Waals surface area contributed by atoms with E-state index in [0.29, 0.717) is 12.1 Å². The maximum atomic E-state index is 12.3. The number of amidine groups is 1. The highest BCUT2D eigenvalue weighted by Gasteiger charge is 2.29. The summed E-state index contributed by atoms with van der Waals surface area (Å²) in [7, 11) is 0. The monoisotopic (exact) mass is 261 g/mol. The van der Waals surface area contributed by atoms with E-state index in [9.17, 15) is 13.2 Å². The second-order valence-electron chi connectivity index (χ2n) is 3.82. The van der Waals surface area contributed by atoms with Gasteiger partial charge in [-0.25, -0.2) is 0 Å². The summed E-state index contributed by atoms with van der Waals surface area (Å²) in [5.74, 6) is 0.0157. The molecular formula is C11H14F3N3O. The van der Waals surface area contributed by atoms with E-state index in [-0.39, 0.29) is 11.9 Å². The van der Waals surface area contributed by atoms with Crippen LogP contribution in [0, 0.1) is 0 Å². The molecule has 0 aliphatic rings. The highest BCUT2D eigenvalue weighted by atomic mass is 19.4. The first-order valence-electron chi connectivity index (χ1n) is 5.21. The molecule has 7 heteroatoms. The molecule has 0 fully saturated rings. The second kappa shape index (κ2) is 5.72. The van der Waals surface area contributed by atoms with Crippen molar-refractivity contribution in [3.63, 3.8) is 0 Å². The summed E-state index contributed by atoms with van der Waals surface area (Å²) in [6.07, 6.45) is -4.33. The van der Waals surface area contributed by atoms with Crippen molar-refractivity contribution in [2.75, 3.05) is 0 Å². The molecule has 100 valence electrons. The van der Waals surface area contributed by atoms with Gasteiger partial charge in [-0.1, -0.05) is 17.3 Å². The van der Waals surface area contributed by atoms with Crippen molar-refractivity contribution in [3.8, 4) is 0 Å². The van der Waals surface area contributed by atoms with Crippen molar-refractivity contribution >= 4 is 5.84 Å². The van der Waals surface area contributed by atoms with Crippen LogP contribution in [0.2, 0.25) is 0 Å². The standard InChI is InChI=1S/C11H14F3N3O/c1-7(10(15)17-18)16-6-8-2-4-9(5-3-8)11(12,13)14/h2-5,7,16,18H,6H2,1H3,(H2,15,17). The van der Waals surface area contributed by atoms with Gasteiger partial charge in [0.1, 0.15) is 0 Å². The minimum atomic E-state index is -4.33. The van der Waals surface area contributed by atoms with Gasteiger partial charge in [0.05, 0.1) is 11.6 Å². The number of benzene rings is 1. The minimum Gasteiger partial charge on any atom is -0.409 e. The molecule has 0 spiro atoms. The molecule has 4 N–H and O–H groups in total. The quantitative estimate of drug-likeness (QED) is 0.336. The number of nitrogens with two attached hydrogens (primary N) is 1. The van der Waals surface area contributed by atoms with E-state index in [4.69, 9.17) is 10.9 Å². The third kappa shape index (κ3) is 3.92. The molecule has 18 heavy (non-hydrogen) atoms. The molecule has 1 aromatic rings. The number of nitrogens with zero attached hydrogens (tertiary/aromatic N) is 1. The highest BCUT2D eigenvalue weighted by Crippen LogP contribution is 2.28. The SMILES string of the molecule is CC(NCc1ccc(C(F)(F)F)cc1)C(N)=NO. The van der Waals surface area contributed by atoms with Crippen LogP contribution in [0.15, 0.2) is 29.4 Å². The lowest BCUT2D eigenvalue weighted by Gasteiger charge is -2.12. The first kappa shape index (κ1) is 14.3. The van der Waals surface area contributed by atoms with Gasteiger partial charge in [0.15, 0.2) is 5.84 Å². The number of oxime groups is 1. The summed E-state index contributed by atoms with van der Waals surface area (Å²) in [5.41, 5.74) is 5.35. The zero-order chi connectivity index (χ0) is 13.8. The minimum absolute atomic E-state index is 0.0157. The zero-order valence-corrected chi connectivity index (χ0v) is 9.70. The molecule has 1 rings (SSSR count). The number of hydrogen-bond donors (Lipinski definition) is 3. The van der Waals surface area contributed by atoms with E-state index in [1.54, 1.807) is 6.92 Å². The van der Waals surface area contributed by atoms with Crippen molar-refractivity contribution in [1.82, 2.24) is 5.32 Å². The average Bonchev–Trinajstić information content (AvgIpc) is 2.34. The van der Waals surface area contributed by atoms with E-state index in [0.717, 1.165) is 12.1 Å². The summed E-state index contributed by atoms with van der Waals surface area (Å²) < 4.78 is 36.9. The van der Waals surface area contributed by atoms with Crippen LogP contribution in [0.5, 0.6) is 0 Å². The van der Waals surface area contributed by atoms with E-state index in [2.05, 4.69) is 10.5 Å². The maximum absolute atomic E-state index is 12.3. The third-order valence-corrected chi connectivity index (χ3v) is 2.45. The molecule has 0 radical (unpaired) electrons. The Hall–Kier alpha value is -1.76. The van der Waals surface area contributed by atoms with Gasteiger partial charge in [0, 0.05) is 6.54 Å². The summed E-state index contributed by atoms with van der Waals surface area (Å²) in [5, 5.41) is 14.2. The van der Waals surface area contributed by atoms with Crippen LogP contribution < -0.4 is 11.1 Å². The van der Waals surface area contributed by atoms with Crippen LogP contribution in [-0.2, 0) is 12.7 Å². The molecule has 0 saturated carbocycles. The van der Waals surface area contributed by atoms with Gasteiger partial charge in [-0.15, -0.1) is 0 Å². The molecule has 1 unspecified atom stereocenters. The van der Waals surface area contributed by atoms with Gasteiger partial charge < -0.3 is 16.3 Å². The van der Waals surface area contributed by atoms with Crippen molar-refractivity contribution in [2.24, 2.45) is 10.9 Å². The Bertz CT molecular complexity index is 415. The fourth-order valence-electron chi connectivity index (χ4n) is 1.27. The molecule has 0 aliphatic carbocycles. The molecule has 1 aromatic carbocycles. The molecule has 0 aliphatic heterocycles. The van der Waals surface area contributed by atoms with Gasteiger partial charge in [0.2, 0.25) is 0 Å². The summed E-state index contributed by atoms with van der Waals surface area (Å²) in [4.78, 5) is 0. The first-order valence-corrected chi connectivity index (χ1v) is 5.21. The van der Waals surface area contributed by atoms with E-state index >= 15 is 0 Å². The average molecular weight is 261 g/mol. The van der Waals surface area contributed by atoms with Gasteiger partial charge in [0.25, 0.3) is 0 Å². The second-order valence-corrected chi connectivity index (χ2v) is 3.82. The Morgan fingerprint density at radius 3 is 2.39 bits per heavy atom. The lowest BCUT2D eigenvalue weighted by Crippen LogP contribution is -2.38. The topological polar surface area (TPSA) is 70.6 Å². The van der Waals surface area contributed by atoms with E-state index in [1.165, 1.54) is 12.1 Å². The predicted molar refractivity (Wildman–Crippen MR) is 61.2 cm³/mol. The van der Waals surface area contributed by atoms with Crippen molar-refractivity contribution < 1.29 is 18.4 Å². The van der Waals surface area contributed by atoms with Crippen LogP contribution >= 0.6 is 0 Å². The molecule has 4 nitrogen and oxygen atoms in total. The Morgan fingerprint density at radius 2 is 1.94 bits per heavy atom. The number of alkyl halides is 3. The fourth-order valence-corrected chi connectivity index (χ4v) is 1.27. The molecule has 0 aromatic heterocycles. The van der Waals surface area contributed by atoms with Crippen LogP contribution in [0.4, 0.5) is 13.2 Å². The van der Waals surface area contributed by atoms with Crippen LogP contribution in [0.3, 0.4) is 0 Å². The Morgan fingerprint density at radius 1 is 1.39 bits per heavy atom. The van der Waals surface area contributed by atoms with Crippen LogP contribution in [-0.4, -0.2) is 17.1 Å². The Balaban J connectivity index is 2.60. The molecule has 0 saturated heterocycles. The van der Waals surface area contributed by atoms with E-state index < -0.39 is 11.7 Å². The number of rotatable bonds is 4. The summed E-state index contributed by atoms with van der Waals surface area (Å²) in [6.45, 7) is 2.01. The molecule has 0 amide bonds. The van der Waals surface area contributed by atoms with E-state index in [1.807, 2.05) is 0 Å². The number of nitrogens with one attached hydrogen (secondary N) is 1. The third-order valence-electron chi connectivity index (χ3n) is 2.45. The zero-order valence-electron chi connectivity index (χ0n) is 9.70. The largest absolute Gasteiger partial charge is 0.416 e. The Kier molecular flexibility index (Phi) is 4.55. The van der Waals surface area contributed by atoms with Gasteiger partial charge in [-0.2, -0.15) is 13.2 Å². The predicted octanol–water partition coefficient (Wildman–Crippen LogP) is 1.93. The van der Waals surface area contributed by atoms with Gasteiger partial charge in [-0.3, -0.25) is 0 Å². The van der Waals surface area contributed by atoms with Crippen molar-refractivity contribution in [3.05, 3.63) is 35.4 Å². The molecule has 0 bridgehead atoms. The maximum Gasteiger partial charge on any atom is 0.416 e. The molecule has 1 atom stereocenters. The van der Waals surface area contributed by atoms with Crippen molar-refractivity contribution in [1.29, 1.82) is 0 Å². The molecular weight excluding hydrogens is 247 g/mol. The lowest BCUT2D eigenvalue weighted by molar-refractivity contribution is -0.137. The first-order chi connectivity index (χ1) is 8.34. The number of halogens is 3.